The van der Waals surface area contributed by atoms with E-state index in [2.05, 4.69) is 54.1 Å². The van der Waals surface area contributed by atoms with E-state index in [1.54, 1.807) is 36.2 Å². The summed E-state index contributed by atoms with van der Waals surface area (Å²) in [5.74, 6) is -0.0248. The summed E-state index contributed by atoms with van der Waals surface area (Å²) in [6.45, 7) is 10.2. The molecule has 4 fully saturated rings. The van der Waals surface area contributed by atoms with Crippen molar-refractivity contribution in [1.29, 1.82) is 0 Å². The normalized spacial score (nSPS) is 19.4. The number of aryl methyl sites for hydroxylation is 1. The number of hydrogen-bond acceptors (Lipinski definition) is 16. The molecule has 19 nitrogen and oxygen atoms in total. The first-order valence-electron chi connectivity index (χ1n) is 28.0. The fourth-order valence-corrected chi connectivity index (χ4v) is 12.6. The van der Waals surface area contributed by atoms with Gasteiger partial charge in [-0.2, -0.15) is 15.1 Å². The van der Waals surface area contributed by atoms with Gasteiger partial charge in [-0.3, -0.25) is 14.7 Å². The lowest BCUT2D eigenvalue weighted by molar-refractivity contribution is -0.142. The maximum atomic E-state index is 16.1. The third-order valence-corrected chi connectivity index (χ3v) is 17.5. The SMILES string of the molecule is Cc1ncsc1-c1ccc([C@H](CO)NC(=O)[C@@H]2C[C@@H](O)CN2C(=O)[C@H](C(C)C)n2cc(-c3ccc(COc4c(-c5c(C)c(F)cc6[nH]ncc56)c(C5CC5)cc5c(N(C)[C@H]6CCNC6)nc(OC6CCOCC6)nc45)cc3)nn2)cc1. The van der Waals surface area contributed by atoms with Crippen LogP contribution >= 0.6 is 11.3 Å². The zero-order valence-electron chi connectivity index (χ0n) is 46.1. The molecule has 3 aliphatic heterocycles. The maximum Gasteiger partial charge on any atom is 0.319 e. The zero-order valence-corrected chi connectivity index (χ0v) is 46.9. The lowest BCUT2D eigenvalue weighted by Gasteiger charge is -2.30. The van der Waals surface area contributed by atoms with E-state index in [1.165, 1.54) is 15.6 Å². The quantitative estimate of drug-likeness (QED) is 0.0546. The molecule has 7 heterocycles. The van der Waals surface area contributed by atoms with Gasteiger partial charge in [0.05, 0.1) is 66.0 Å². The van der Waals surface area contributed by atoms with Crippen LogP contribution in [-0.2, 0) is 20.9 Å². The van der Waals surface area contributed by atoms with Crippen LogP contribution < -0.4 is 25.0 Å². The summed E-state index contributed by atoms with van der Waals surface area (Å²) in [4.78, 5) is 48.0. The number of hydrogen-bond donors (Lipinski definition) is 5. The summed E-state index contributed by atoms with van der Waals surface area (Å²) >= 11 is 1.54. The Bertz CT molecular complexity index is 3590. The molecule has 5 atom stereocenters. The highest BCUT2D eigenvalue weighted by atomic mass is 32.1. The van der Waals surface area contributed by atoms with Gasteiger partial charge in [-0.25, -0.2) is 14.1 Å². The number of rotatable bonds is 18. The van der Waals surface area contributed by atoms with Gasteiger partial charge in [0.2, 0.25) is 11.8 Å². The van der Waals surface area contributed by atoms with Crippen LogP contribution in [0.2, 0.25) is 0 Å². The summed E-state index contributed by atoms with van der Waals surface area (Å²) in [5.41, 5.74) is 10.7. The predicted molar refractivity (Wildman–Crippen MR) is 305 cm³/mol. The van der Waals surface area contributed by atoms with E-state index >= 15 is 4.39 Å². The summed E-state index contributed by atoms with van der Waals surface area (Å²) < 4.78 is 37.1. The number of halogens is 1. The number of amides is 2. The number of thiazole rings is 1. The summed E-state index contributed by atoms with van der Waals surface area (Å²) in [7, 11) is 2.08. The Morgan fingerprint density at radius 1 is 0.988 bits per heavy atom. The second-order valence-electron chi connectivity index (χ2n) is 22.3. The van der Waals surface area contributed by atoms with Gasteiger partial charge in [-0.15, -0.1) is 16.4 Å². The Morgan fingerprint density at radius 2 is 1.77 bits per heavy atom. The van der Waals surface area contributed by atoms with Crippen LogP contribution in [0.5, 0.6) is 11.8 Å². The van der Waals surface area contributed by atoms with Crippen molar-refractivity contribution in [2.75, 3.05) is 51.4 Å². The predicted octanol–water partition coefficient (Wildman–Crippen LogP) is 8.13. The molecule has 8 aromatic rings. The van der Waals surface area contributed by atoms with Crippen LogP contribution in [0.3, 0.4) is 0 Å². The lowest BCUT2D eigenvalue weighted by atomic mass is 9.88. The number of H-pyrrole nitrogens is 1. The third kappa shape index (κ3) is 10.8. The number of benzene rings is 4. The number of aromatic nitrogens is 8. The smallest absolute Gasteiger partial charge is 0.319 e. The second kappa shape index (κ2) is 22.8. The van der Waals surface area contributed by atoms with Crippen LogP contribution in [0.25, 0.3) is 54.6 Å². The molecule has 1 aliphatic carbocycles. The van der Waals surface area contributed by atoms with Gasteiger partial charge in [0.1, 0.15) is 47.6 Å². The largest absolute Gasteiger partial charge is 0.486 e. The van der Waals surface area contributed by atoms with Crippen molar-refractivity contribution >= 4 is 50.8 Å². The minimum atomic E-state index is -0.979. The summed E-state index contributed by atoms with van der Waals surface area (Å²) in [5, 5.41) is 45.8. The van der Waals surface area contributed by atoms with Crippen molar-refractivity contribution in [3.05, 3.63) is 112 Å². The van der Waals surface area contributed by atoms with Gasteiger partial charge in [-0.1, -0.05) is 67.6 Å². The number of nitrogens with one attached hydrogen (secondary N) is 3. The lowest BCUT2D eigenvalue weighted by Crippen LogP contribution is -2.50. The molecule has 1 saturated carbocycles. The van der Waals surface area contributed by atoms with Crippen molar-refractivity contribution in [3.63, 3.8) is 0 Å². The fraction of sp³-hybridized carbons (Fsp3) is 0.433. The Balaban J connectivity index is 0.827. The number of anilines is 1. The first-order chi connectivity index (χ1) is 39.3. The minimum absolute atomic E-state index is 0.0375. The molecule has 12 rings (SSSR count). The summed E-state index contributed by atoms with van der Waals surface area (Å²) in [6, 6.07) is 16.9. The highest BCUT2D eigenvalue weighted by Crippen LogP contribution is 2.53. The molecule has 2 amide bonds. The minimum Gasteiger partial charge on any atom is -0.486 e. The number of carbonyl (C=O) groups excluding carboxylic acids is 2. The number of aromatic amines is 1. The molecule has 4 aromatic heterocycles. The van der Waals surface area contributed by atoms with Crippen LogP contribution in [-0.4, -0.2) is 138 Å². The van der Waals surface area contributed by atoms with E-state index in [4.69, 9.17) is 24.2 Å². The van der Waals surface area contributed by atoms with Gasteiger partial charge in [-0.05, 0) is 91.4 Å². The highest BCUT2D eigenvalue weighted by Gasteiger charge is 2.43. The Labute approximate surface area is 472 Å². The fourth-order valence-electron chi connectivity index (χ4n) is 11.8. The number of aliphatic hydroxyl groups excluding tert-OH is 2. The van der Waals surface area contributed by atoms with Gasteiger partial charge in [0.25, 0.3) is 0 Å². The van der Waals surface area contributed by atoms with Crippen molar-refractivity contribution in [2.24, 2.45) is 5.92 Å². The Hall–Kier alpha value is -7.43. The van der Waals surface area contributed by atoms with Crippen molar-refractivity contribution in [1.82, 2.24) is 55.7 Å². The summed E-state index contributed by atoms with van der Waals surface area (Å²) in [6.07, 6.45) is 6.77. The number of nitrogens with zero attached hydrogens (tertiary/aromatic N) is 9. The zero-order chi connectivity index (χ0) is 56.1. The van der Waals surface area contributed by atoms with E-state index < -0.39 is 30.1 Å². The highest BCUT2D eigenvalue weighted by molar-refractivity contribution is 7.13. The molecule has 3 saturated heterocycles. The monoisotopic (exact) mass is 1120 g/mol. The topological polar surface area (TPSA) is 231 Å². The van der Waals surface area contributed by atoms with Gasteiger partial charge < -0.3 is 44.9 Å². The molecular weight excluding hydrogens is 1050 g/mol. The number of likely N-dealkylation sites (N-methyl/N-ethyl adjacent to an activating group) is 1. The van der Waals surface area contributed by atoms with Crippen LogP contribution in [0.1, 0.15) is 98.3 Å². The van der Waals surface area contributed by atoms with Crippen molar-refractivity contribution in [3.8, 4) is 44.6 Å². The van der Waals surface area contributed by atoms with Crippen molar-refractivity contribution in [2.45, 2.75) is 115 Å². The second-order valence-corrected chi connectivity index (χ2v) is 23.2. The van der Waals surface area contributed by atoms with E-state index in [1.807, 2.05) is 69.3 Å². The molecule has 81 heavy (non-hydrogen) atoms. The number of aliphatic hydroxyl groups is 2. The molecule has 4 aliphatic rings. The molecule has 5 N–H and O–H groups in total. The number of β-amino-alcohol motifs (C(OH)–C–C–N with tert-alkyl or cyclic N) is 1. The van der Waals surface area contributed by atoms with E-state index in [0.717, 1.165) is 87.3 Å². The molecule has 0 unspecified atom stereocenters. The van der Waals surface area contributed by atoms with Gasteiger partial charge in [0, 0.05) is 72.9 Å². The van der Waals surface area contributed by atoms with Crippen LogP contribution in [0.4, 0.5) is 10.2 Å². The van der Waals surface area contributed by atoms with Gasteiger partial charge >= 0.3 is 6.01 Å². The number of ether oxygens (including phenoxy) is 3. The average molecular weight is 1120 g/mol. The molecule has 0 bridgehead atoms. The van der Waals surface area contributed by atoms with E-state index in [9.17, 15) is 19.8 Å². The number of fused-ring (bicyclic) bond motifs is 2. The first kappa shape index (κ1) is 54.2. The molecule has 21 heteroatoms. The van der Waals surface area contributed by atoms with Crippen LogP contribution in [0.15, 0.2) is 78.6 Å². The van der Waals surface area contributed by atoms with Crippen molar-refractivity contribution < 1.29 is 38.4 Å². The molecule has 422 valence electrons. The Morgan fingerprint density at radius 3 is 2.47 bits per heavy atom. The average Bonchev–Trinajstić information content (AvgIpc) is 4.30. The van der Waals surface area contributed by atoms with E-state index in [0.29, 0.717) is 65.2 Å². The number of likely N-dealkylation sites (tertiary alicyclic amines) is 1. The molecule has 0 radical (unpaired) electrons. The Kier molecular flexibility index (Phi) is 15.3. The van der Waals surface area contributed by atoms with Crippen LogP contribution in [0, 0.1) is 25.6 Å². The molecule has 0 spiro atoms. The van der Waals surface area contributed by atoms with E-state index in [-0.39, 0.29) is 67.9 Å². The standard InChI is InChI=1S/C60H67FN12O7S/c1-32(2)54(59(77)72-27-41(75)22-50(72)58(76)65-49(29-74)38-12-14-39(15-13-38)56-34(4)63-31-81-56)73-28-48(69-70-73)37-8-6-35(7-9-37)30-79-55-52(51-33(3)46(61)24-47-45(51)26-64-68-47)43(36-10-11-36)23-44-53(55)66-60(80-42-17-20-78-21-18-42)67-57(44)71(5)40-16-19-62-25-40/h6-9,12-15,23-24,26,28,31-32,36,40-42,49-50,54,62,74-75H,10-11,16-22,25,27,29-30H2,1-5H3,(H,64,68)(H,65,76)/t40-,41+,49-,50-,54-/m0/s1. The number of carbonyl (C=O) groups is 2. The molecular formula is C60H67FN12O7S. The molecule has 4 aromatic carbocycles. The first-order valence-corrected chi connectivity index (χ1v) is 28.9. The van der Waals surface area contributed by atoms with Gasteiger partial charge in [0.15, 0.2) is 5.75 Å². The maximum absolute atomic E-state index is 16.1. The third-order valence-electron chi connectivity index (χ3n) is 16.5.